The predicted octanol–water partition coefficient (Wildman–Crippen LogP) is 3.00. The topological polar surface area (TPSA) is 60.7 Å². The number of guanidine groups is 1. The Morgan fingerprint density at radius 1 is 1.12 bits per heavy atom. The third kappa shape index (κ3) is 4.78. The molecule has 1 aliphatic heterocycles. The van der Waals surface area contributed by atoms with Gasteiger partial charge in [-0.05, 0) is 42.0 Å². The maximum Gasteiger partial charge on any atom is 0.198 e. The average molecular weight is 338 g/mol. The molecule has 128 valence electrons. The highest BCUT2D eigenvalue weighted by Gasteiger charge is 2.15. The van der Waals surface area contributed by atoms with Gasteiger partial charge in [0.1, 0.15) is 5.82 Å². The summed E-state index contributed by atoms with van der Waals surface area (Å²) in [6.45, 7) is 3.28. The van der Waals surface area contributed by atoms with E-state index >= 15 is 0 Å². The van der Waals surface area contributed by atoms with Gasteiger partial charge in [0.05, 0.1) is 31.4 Å². The van der Waals surface area contributed by atoms with Crippen molar-refractivity contribution in [2.45, 2.75) is 6.54 Å². The zero-order chi connectivity index (χ0) is 17.5. The smallest absolute Gasteiger partial charge is 0.198 e. The number of nitrogens with one attached hydrogen (secondary N) is 1. The van der Waals surface area contributed by atoms with Crippen LogP contribution >= 0.6 is 0 Å². The number of nitriles is 1. The highest BCUT2D eigenvalue weighted by Crippen LogP contribution is 2.12. The first-order valence-electron chi connectivity index (χ1n) is 8.13. The summed E-state index contributed by atoms with van der Waals surface area (Å²) in [7, 11) is 0. The molecule has 6 heteroatoms. The second-order valence-electron chi connectivity index (χ2n) is 5.68. The van der Waals surface area contributed by atoms with Crippen molar-refractivity contribution in [2.75, 3.05) is 31.6 Å². The molecular formula is C19H19FN4O. The molecule has 0 bridgehead atoms. The van der Waals surface area contributed by atoms with Crippen molar-refractivity contribution in [2.24, 2.45) is 4.99 Å². The Morgan fingerprint density at radius 3 is 2.44 bits per heavy atom. The van der Waals surface area contributed by atoms with Crippen molar-refractivity contribution >= 4 is 11.6 Å². The molecule has 25 heavy (non-hydrogen) atoms. The Labute approximate surface area is 146 Å². The first kappa shape index (κ1) is 16.9. The van der Waals surface area contributed by atoms with Crippen molar-refractivity contribution in [3.8, 4) is 6.07 Å². The van der Waals surface area contributed by atoms with Crippen LogP contribution in [-0.2, 0) is 11.3 Å². The lowest BCUT2D eigenvalue weighted by Gasteiger charge is -2.30. The number of hydrogen-bond acceptors (Lipinski definition) is 3. The van der Waals surface area contributed by atoms with Crippen LogP contribution in [0.2, 0.25) is 0 Å². The minimum atomic E-state index is -0.253. The van der Waals surface area contributed by atoms with Gasteiger partial charge in [-0.25, -0.2) is 9.38 Å². The van der Waals surface area contributed by atoms with Crippen molar-refractivity contribution in [1.29, 1.82) is 5.26 Å². The molecule has 0 aliphatic carbocycles. The van der Waals surface area contributed by atoms with E-state index in [4.69, 9.17) is 10.00 Å². The van der Waals surface area contributed by atoms with Gasteiger partial charge in [0.2, 0.25) is 0 Å². The Morgan fingerprint density at radius 2 is 1.80 bits per heavy atom. The average Bonchev–Trinajstić information content (AvgIpc) is 2.67. The second kappa shape index (κ2) is 8.27. The van der Waals surface area contributed by atoms with Gasteiger partial charge in [-0.1, -0.05) is 12.1 Å². The normalized spacial score (nSPS) is 14.9. The van der Waals surface area contributed by atoms with Gasteiger partial charge in [-0.3, -0.25) is 0 Å². The van der Waals surface area contributed by atoms with E-state index in [1.165, 1.54) is 12.1 Å². The lowest BCUT2D eigenvalue weighted by atomic mass is 10.2. The zero-order valence-corrected chi connectivity index (χ0v) is 13.8. The fraction of sp³-hybridized carbons (Fsp3) is 0.263. The molecule has 3 rings (SSSR count). The minimum absolute atomic E-state index is 0.253. The van der Waals surface area contributed by atoms with Gasteiger partial charge in [0.25, 0.3) is 0 Å². The number of hydrogen-bond donors (Lipinski definition) is 1. The number of morpholine rings is 1. The number of halogens is 1. The fourth-order valence-corrected chi connectivity index (χ4v) is 2.51. The lowest BCUT2D eigenvalue weighted by molar-refractivity contribution is 0.0679. The van der Waals surface area contributed by atoms with Gasteiger partial charge in [0.15, 0.2) is 5.96 Å². The second-order valence-corrected chi connectivity index (χ2v) is 5.68. The van der Waals surface area contributed by atoms with Gasteiger partial charge < -0.3 is 15.0 Å². The van der Waals surface area contributed by atoms with E-state index in [0.717, 1.165) is 30.3 Å². The number of ether oxygens (including phenoxy) is 1. The molecule has 5 nitrogen and oxygen atoms in total. The van der Waals surface area contributed by atoms with E-state index in [-0.39, 0.29) is 5.82 Å². The predicted molar refractivity (Wildman–Crippen MR) is 94.7 cm³/mol. The number of nitrogens with zero attached hydrogens (tertiary/aromatic N) is 3. The van der Waals surface area contributed by atoms with Gasteiger partial charge in [-0.2, -0.15) is 5.26 Å². The van der Waals surface area contributed by atoms with E-state index in [1.807, 2.05) is 12.1 Å². The van der Waals surface area contributed by atoms with E-state index in [9.17, 15) is 4.39 Å². The van der Waals surface area contributed by atoms with Crippen LogP contribution in [0.25, 0.3) is 0 Å². The molecule has 1 heterocycles. The fourth-order valence-electron chi connectivity index (χ4n) is 2.51. The minimum Gasteiger partial charge on any atom is -0.378 e. The highest BCUT2D eigenvalue weighted by molar-refractivity contribution is 5.93. The summed E-state index contributed by atoms with van der Waals surface area (Å²) in [5.74, 6) is 0.495. The molecule has 0 unspecified atom stereocenters. The summed E-state index contributed by atoms with van der Waals surface area (Å²) < 4.78 is 18.4. The molecule has 1 saturated heterocycles. The summed E-state index contributed by atoms with van der Waals surface area (Å²) >= 11 is 0. The monoisotopic (exact) mass is 338 g/mol. The molecule has 1 aliphatic rings. The SMILES string of the molecule is N#Cc1ccc(NC(=NCc2ccc(F)cc2)N2CCOCC2)cc1. The van der Waals surface area contributed by atoms with Crippen molar-refractivity contribution in [3.63, 3.8) is 0 Å². The Balaban J connectivity index is 1.77. The Bertz CT molecular complexity index is 760. The first-order chi connectivity index (χ1) is 12.2. The van der Waals surface area contributed by atoms with E-state index in [1.54, 1.807) is 24.3 Å². The molecule has 0 radical (unpaired) electrons. The Hall–Kier alpha value is -2.91. The maximum atomic E-state index is 13.0. The molecule has 1 fully saturated rings. The Kier molecular flexibility index (Phi) is 5.60. The third-order valence-corrected chi connectivity index (χ3v) is 3.91. The molecule has 0 saturated carbocycles. The number of anilines is 1. The van der Waals surface area contributed by atoms with E-state index in [2.05, 4.69) is 21.3 Å². The standard InChI is InChI=1S/C19H19FN4O/c20-17-5-1-16(2-6-17)14-22-19(24-9-11-25-12-10-24)23-18-7-3-15(13-21)4-8-18/h1-8H,9-12,14H2,(H,22,23). The summed E-state index contributed by atoms with van der Waals surface area (Å²) in [4.78, 5) is 6.80. The van der Waals surface area contributed by atoms with Crippen molar-refractivity contribution < 1.29 is 9.13 Å². The third-order valence-electron chi connectivity index (χ3n) is 3.91. The van der Waals surface area contributed by atoms with Crippen molar-refractivity contribution in [3.05, 3.63) is 65.5 Å². The number of benzene rings is 2. The summed E-state index contributed by atoms with van der Waals surface area (Å²) in [5, 5.41) is 12.2. The molecule has 0 atom stereocenters. The summed E-state index contributed by atoms with van der Waals surface area (Å²) in [6.07, 6.45) is 0. The quantitative estimate of drug-likeness (QED) is 0.690. The molecule has 0 amide bonds. The molecule has 2 aromatic carbocycles. The van der Waals surface area contributed by atoms with Crippen LogP contribution in [0.1, 0.15) is 11.1 Å². The van der Waals surface area contributed by atoms with E-state index < -0.39 is 0 Å². The number of aliphatic imine (C=N–C) groups is 1. The zero-order valence-electron chi connectivity index (χ0n) is 13.8. The lowest BCUT2D eigenvalue weighted by Crippen LogP contribution is -2.44. The molecule has 2 aromatic rings. The molecular weight excluding hydrogens is 319 g/mol. The van der Waals surface area contributed by atoms with Crippen LogP contribution in [0.3, 0.4) is 0 Å². The van der Waals surface area contributed by atoms with Crippen molar-refractivity contribution in [1.82, 2.24) is 4.90 Å². The summed E-state index contributed by atoms with van der Waals surface area (Å²) in [6, 6.07) is 15.7. The molecule has 0 aromatic heterocycles. The molecule has 1 N–H and O–H groups in total. The van der Waals surface area contributed by atoms with Crippen LogP contribution in [0.15, 0.2) is 53.5 Å². The summed E-state index contributed by atoms with van der Waals surface area (Å²) in [5.41, 5.74) is 2.42. The highest BCUT2D eigenvalue weighted by atomic mass is 19.1. The first-order valence-corrected chi connectivity index (χ1v) is 8.13. The van der Waals surface area contributed by atoms with Crippen LogP contribution in [0.4, 0.5) is 10.1 Å². The van der Waals surface area contributed by atoms with Gasteiger partial charge in [0, 0.05) is 18.8 Å². The largest absolute Gasteiger partial charge is 0.378 e. The van der Waals surface area contributed by atoms with Gasteiger partial charge in [-0.15, -0.1) is 0 Å². The van der Waals surface area contributed by atoms with Crippen LogP contribution in [-0.4, -0.2) is 37.2 Å². The van der Waals surface area contributed by atoms with Crippen LogP contribution in [0, 0.1) is 17.1 Å². The van der Waals surface area contributed by atoms with Crippen LogP contribution < -0.4 is 5.32 Å². The van der Waals surface area contributed by atoms with E-state index in [0.29, 0.717) is 25.3 Å². The maximum absolute atomic E-state index is 13.0. The molecule has 0 spiro atoms. The van der Waals surface area contributed by atoms with Crippen LogP contribution in [0.5, 0.6) is 0 Å². The van der Waals surface area contributed by atoms with Gasteiger partial charge >= 0.3 is 0 Å². The number of rotatable bonds is 3.